The van der Waals surface area contributed by atoms with Gasteiger partial charge in [-0.05, 0) is 18.6 Å². The molecule has 0 aliphatic carbocycles. The number of aryl methyl sites for hydroxylation is 1. The fraction of sp³-hybridized carbons (Fsp3) is 0.364. The number of nitrogens with zero attached hydrogens (tertiary/aromatic N) is 1. The van der Waals surface area contributed by atoms with E-state index < -0.39 is 16.9 Å². The third kappa shape index (κ3) is 3.89. The van der Waals surface area contributed by atoms with Crippen molar-refractivity contribution in [2.24, 2.45) is 5.84 Å². The van der Waals surface area contributed by atoms with Crippen LogP contribution in [0.15, 0.2) is 16.6 Å². The van der Waals surface area contributed by atoms with E-state index in [9.17, 15) is 14.9 Å². The summed E-state index contributed by atoms with van der Waals surface area (Å²) in [6.07, 6.45) is -1.08. The predicted octanol–water partition coefficient (Wildman–Crippen LogP) is 1.05. The Morgan fingerprint density at radius 2 is 2.25 bits per heavy atom. The van der Waals surface area contributed by atoms with Gasteiger partial charge in [0.15, 0.2) is 0 Å². The van der Waals surface area contributed by atoms with E-state index in [1.807, 2.05) is 5.43 Å². The highest BCUT2D eigenvalue weighted by Gasteiger charge is 2.26. The van der Waals surface area contributed by atoms with E-state index in [-0.39, 0.29) is 18.0 Å². The molecule has 0 radical (unpaired) electrons. The molecule has 1 unspecified atom stereocenters. The molecule has 9 heteroatoms. The monoisotopic (exact) mass is 347 g/mol. The van der Waals surface area contributed by atoms with E-state index >= 15 is 0 Å². The first-order valence-corrected chi connectivity index (χ1v) is 6.30. The lowest BCUT2D eigenvalue weighted by Crippen LogP contribution is -2.44. The SMILES string of the molecule is COCC(Oc1c(C)cc(Br)cc1[N+](=O)[O-])C(=O)NN. The summed E-state index contributed by atoms with van der Waals surface area (Å²) in [7, 11) is 1.38. The zero-order valence-electron chi connectivity index (χ0n) is 10.9. The van der Waals surface area contributed by atoms with Gasteiger partial charge in [0.2, 0.25) is 11.9 Å². The van der Waals surface area contributed by atoms with Crippen molar-refractivity contribution in [3.63, 3.8) is 0 Å². The zero-order chi connectivity index (χ0) is 15.3. The van der Waals surface area contributed by atoms with Gasteiger partial charge in [0.05, 0.1) is 11.5 Å². The lowest BCUT2D eigenvalue weighted by Gasteiger charge is -2.18. The molecule has 1 atom stereocenters. The van der Waals surface area contributed by atoms with Crippen molar-refractivity contribution in [1.29, 1.82) is 0 Å². The molecule has 0 bridgehead atoms. The molecule has 0 aliphatic rings. The van der Waals surface area contributed by atoms with Crippen LogP contribution in [0.5, 0.6) is 5.75 Å². The summed E-state index contributed by atoms with van der Waals surface area (Å²) in [6.45, 7) is 1.55. The second-order valence-electron chi connectivity index (χ2n) is 3.90. The van der Waals surface area contributed by atoms with Gasteiger partial charge in [-0.15, -0.1) is 0 Å². The summed E-state index contributed by atoms with van der Waals surface area (Å²) in [5, 5.41) is 11.1. The van der Waals surface area contributed by atoms with Crippen LogP contribution in [-0.2, 0) is 9.53 Å². The van der Waals surface area contributed by atoms with Crippen LogP contribution in [0, 0.1) is 17.0 Å². The van der Waals surface area contributed by atoms with E-state index in [1.54, 1.807) is 13.0 Å². The maximum atomic E-state index is 11.5. The molecule has 1 aromatic rings. The standard InChI is InChI=1S/C11H14BrN3O5/c1-6-3-7(12)4-8(15(17)18)10(6)20-9(5-19-2)11(16)14-13/h3-4,9H,5,13H2,1-2H3,(H,14,16). The average Bonchev–Trinajstić information content (AvgIpc) is 2.39. The number of rotatable bonds is 6. The number of carbonyl (C=O) groups is 1. The lowest BCUT2D eigenvalue weighted by molar-refractivity contribution is -0.386. The normalized spacial score (nSPS) is 11.8. The van der Waals surface area contributed by atoms with Crippen LogP contribution in [0.4, 0.5) is 5.69 Å². The first-order valence-electron chi connectivity index (χ1n) is 5.51. The van der Waals surface area contributed by atoms with Crippen LogP contribution in [0.3, 0.4) is 0 Å². The summed E-state index contributed by atoms with van der Waals surface area (Å²) in [4.78, 5) is 22.0. The summed E-state index contributed by atoms with van der Waals surface area (Å²) in [5.74, 6) is 4.41. The van der Waals surface area contributed by atoms with E-state index in [4.69, 9.17) is 15.3 Å². The molecular weight excluding hydrogens is 334 g/mol. The number of nitrogens with two attached hydrogens (primary N) is 1. The number of carbonyl (C=O) groups excluding carboxylic acids is 1. The zero-order valence-corrected chi connectivity index (χ0v) is 12.5. The average molecular weight is 348 g/mol. The summed E-state index contributed by atoms with van der Waals surface area (Å²) in [6, 6.07) is 2.94. The second-order valence-corrected chi connectivity index (χ2v) is 4.81. The van der Waals surface area contributed by atoms with E-state index in [1.165, 1.54) is 13.2 Å². The maximum absolute atomic E-state index is 11.5. The molecule has 8 nitrogen and oxygen atoms in total. The largest absolute Gasteiger partial charge is 0.471 e. The first-order chi connectivity index (χ1) is 9.40. The number of hydrogen-bond acceptors (Lipinski definition) is 6. The minimum Gasteiger partial charge on any atom is -0.471 e. The minimum absolute atomic E-state index is 0.00356. The fourth-order valence-electron chi connectivity index (χ4n) is 1.55. The molecule has 0 heterocycles. The predicted molar refractivity (Wildman–Crippen MR) is 74.2 cm³/mol. The molecule has 0 saturated carbocycles. The van der Waals surface area contributed by atoms with E-state index in [0.717, 1.165) is 0 Å². The third-order valence-corrected chi connectivity index (χ3v) is 2.89. The molecule has 1 aromatic carbocycles. The van der Waals surface area contributed by atoms with Crippen molar-refractivity contribution in [2.75, 3.05) is 13.7 Å². The van der Waals surface area contributed by atoms with Gasteiger partial charge < -0.3 is 9.47 Å². The number of ether oxygens (including phenoxy) is 2. The summed E-state index contributed by atoms with van der Waals surface area (Å²) in [5.41, 5.74) is 2.19. The Hall–Kier alpha value is -1.71. The van der Waals surface area contributed by atoms with Crippen molar-refractivity contribution in [1.82, 2.24) is 5.43 Å². The molecular formula is C11H14BrN3O5. The number of halogens is 1. The van der Waals surface area contributed by atoms with Crippen LogP contribution < -0.4 is 16.0 Å². The molecule has 0 saturated heterocycles. The van der Waals surface area contributed by atoms with Crippen molar-refractivity contribution >= 4 is 27.5 Å². The minimum atomic E-state index is -1.08. The maximum Gasteiger partial charge on any atom is 0.312 e. The van der Waals surface area contributed by atoms with Gasteiger partial charge in [0.25, 0.3) is 5.91 Å². The number of methoxy groups -OCH3 is 1. The second kappa shape index (κ2) is 7.17. The molecule has 0 aliphatic heterocycles. The molecule has 3 N–H and O–H groups in total. The highest BCUT2D eigenvalue weighted by Crippen LogP contribution is 2.34. The smallest absolute Gasteiger partial charge is 0.312 e. The number of amides is 1. The van der Waals surface area contributed by atoms with Gasteiger partial charge in [0, 0.05) is 17.6 Å². The number of nitro benzene ring substituents is 1. The topological polar surface area (TPSA) is 117 Å². The van der Waals surface area contributed by atoms with Gasteiger partial charge in [-0.2, -0.15) is 0 Å². The van der Waals surface area contributed by atoms with Crippen LogP contribution >= 0.6 is 15.9 Å². The van der Waals surface area contributed by atoms with Crippen molar-refractivity contribution in [3.8, 4) is 5.75 Å². The summed E-state index contributed by atoms with van der Waals surface area (Å²) < 4.78 is 10.8. The van der Waals surface area contributed by atoms with Crippen molar-refractivity contribution < 1.29 is 19.2 Å². The van der Waals surface area contributed by atoms with Gasteiger partial charge in [-0.3, -0.25) is 20.3 Å². The quantitative estimate of drug-likeness (QED) is 0.343. The van der Waals surface area contributed by atoms with Gasteiger partial charge in [-0.1, -0.05) is 15.9 Å². The van der Waals surface area contributed by atoms with E-state index in [0.29, 0.717) is 10.0 Å². The fourth-order valence-corrected chi connectivity index (χ4v) is 2.11. The summed E-state index contributed by atoms with van der Waals surface area (Å²) >= 11 is 3.17. The third-order valence-electron chi connectivity index (χ3n) is 2.43. The highest BCUT2D eigenvalue weighted by molar-refractivity contribution is 9.10. The Balaban J connectivity index is 3.17. The lowest BCUT2D eigenvalue weighted by atomic mass is 10.2. The van der Waals surface area contributed by atoms with E-state index in [2.05, 4.69) is 15.9 Å². The Kier molecular flexibility index (Phi) is 5.86. The highest BCUT2D eigenvalue weighted by atomic mass is 79.9. The van der Waals surface area contributed by atoms with Crippen LogP contribution in [-0.4, -0.2) is 30.7 Å². The molecule has 0 spiro atoms. The molecule has 0 aromatic heterocycles. The molecule has 0 fully saturated rings. The van der Waals surface area contributed by atoms with Gasteiger partial charge in [0.1, 0.15) is 0 Å². The Morgan fingerprint density at radius 3 is 2.75 bits per heavy atom. The molecule has 20 heavy (non-hydrogen) atoms. The Morgan fingerprint density at radius 1 is 1.60 bits per heavy atom. The number of nitrogens with one attached hydrogen (secondary N) is 1. The van der Waals surface area contributed by atoms with Crippen molar-refractivity contribution in [3.05, 3.63) is 32.3 Å². The first kappa shape index (κ1) is 16.3. The molecule has 1 amide bonds. The number of benzene rings is 1. The number of nitro groups is 1. The number of hydrazine groups is 1. The van der Waals surface area contributed by atoms with Crippen LogP contribution in [0.25, 0.3) is 0 Å². The Labute approximate surface area is 123 Å². The molecule has 110 valence electrons. The molecule has 1 rings (SSSR count). The van der Waals surface area contributed by atoms with Crippen molar-refractivity contribution in [2.45, 2.75) is 13.0 Å². The van der Waals surface area contributed by atoms with Crippen LogP contribution in [0.2, 0.25) is 0 Å². The van der Waals surface area contributed by atoms with Crippen LogP contribution in [0.1, 0.15) is 5.56 Å². The Bertz CT molecular complexity index is 523. The van der Waals surface area contributed by atoms with Gasteiger partial charge >= 0.3 is 5.69 Å². The van der Waals surface area contributed by atoms with Gasteiger partial charge in [-0.25, -0.2) is 5.84 Å². The number of hydrogen-bond donors (Lipinski definition) is 2.